The molecular formula is C13H17FN2O. The summed E-state index contributed by atoms with van der Waals surface area (Å²) in [5.41, 5.74) is 6.18. The number of benzene rings is 1. The van der Waals surface area contributed by atoms with E-state index < -0.39 is 0 Å². The maximum absolute atomic E-state index is 12.8. The summed E-state index contributed by atoms with van der Waals surface area (Å²) in [6, 6.07) is 5.70. The largest absolute Gasteiger partial charge is 0.338 e. The molecule has 1 unspecified atom stereocenters. The number of carbonyl (C=O) groups is 1. The quantitative estimate of drug-likeness (QED) is 0.848. The van der Waals surface area contributed by atoms with Gasteiger partial charge in [0.1, 0.15) is 5.82 Å². The number of piperidine rings is 1. The minimum Gasteiger partial charge on any atom is -0.338 e. The number of likely N-dealkylation sites (tertiary alicyclic amines) is 1. The van der Waals surface area contributed by atoms with Crippen LogP contribution in [0.15, 0.2) is 24.3 Å². The van der Waals surface area contributed by atoms with Crippen LogP contribution in [0, 0.1) is 11.7 Å². The highest BCUT2D eigenvalue weighted by Gasteiger charge is 2.23. The van der Waals surface area contributed by atoms with Crippen LogP contribution in [0.25, 0.3) is 0 Å². The Bertz CT molecular complexity index is 391. The van der Waals surface area contributed by atoms with Crippen molar-refractivity contribution in [2.75, 3.05) is 19.6 Å². The second kappa shape index (κ2) is 5.27. The monoisotopic (exact) mass is 236 g/mol. The van der Waals surface area contributed by atoms with E-state index in [1.807, 2.05) is 4.90 Å². The molecule has 92 valence electrons. The first-order valence-corrected chi connectivity index (χ1v) is 5.95. The molecule has 0 radical (unpaired) electrons. The molecule has 2 rings (SSSR count). The molecule has 3 nitrogen and oxygen atoms in total. The van der Waals surface area contributed by atoms with Crippen LogP contribution in [0.1, 0.15) is 23.2 Å². The first-order chi connectivity index (χ1) is 8.20. The Morgan fingerprint density at radius 1 is 1.41 bits per heavy atom. The zero-order chi connectivity index (χ0) is 12.3. The van der Waals surface area contributed by atoms with E-state index in [0.717, 1.165) is 19.4 Å². The molecule has 2 N–H and O–H groups in total. The first-order valence-electron chi connectivity index (χ1n) is 5.95. The Morgan fingerprint density at radius 3 is 2.76 bits per heavy atom. The molecule has 0 spiro atoms. The molecule has 1 aromatic rings. The maximum atomic E-state index is 12.8. The van der Waals surface area contributed by atoms with Gasteiger partial charge in [-0.25, -0.2) is 4.39 Å². The van der Waals surface area contributed by atoms with Gasteiger partial charge in [0.2, 0.25) is 0 Å². The van der Waals surface area contributed by atoms with Crippen LogP contribution >= 0.6 is 0 Å². The highest BCUT2D eigenvalue weighted by atomic mass is 19.1. The summed E-state index contributed by atoms with van der Waals surface area (Å²) < 4.78 is 12.8. The van der Waals surface area contributed by atoms with Crippen molar-refractivity contribution in [2.24, 2.45) is 11.7 Å². The lowest BCUT2D eigenvalue weighted by Gasteiger charge is -2.32. The Kier molecular flexibility index (Phi) is 3.74. The zero-order valence-corrected chi connectivity index (χ0v) is 9.73. The summed E-state index contributed by atoms with van der Waals surface area (Å²) in [7, 11) is 0. The third-order valence-electron chi connectivity index (χ3n) is 3.23. The van der Waals surface area contributed by atoms with Crippen molar-refractivity contribution in [2.45, 2.75) is 12.8 Å². The molecular weight excluding hydrogens is 219 g/mol. The minimum atomic E-state index is -0.319. The van der Waals surface area contributed by atoms with Crippen molar-refractivity contribution in [1.29, 1.82) is 0 Å². The van der Waals surface area contributed by atoms with Gasteiger partial charge in [0.25, 0.3) is 5.91 Å². The fraction of sp³-hybridized carbons (Fsp3) is 0.462. The van der Waals surface area contributed by atoms with Gasteiger partial charge in [-0.3, -0.25) is 4.79 Å². The second-order valence-corrected chi connectivity index (χ2v) is 4.50. The standard InChI is InChI=1S/C13H17FN2O/c14-12-5-3-11(4-6-12)13(17)16-7-1-2-10(8-15)9-16/h3-6,10H,1-2,7-9,15H2. The molecule has 1 aromatic carbocycles. The average Bonchev–Trinajstić information content (AvgIpc) is 2.39. The van der Waals surface area contributed by atoms with Gasteiger partial charge in [0.15, 0.2) is 0 Å². The Balaban J connectivity index is 2.06. The van der Waals surface area contributed by atoms with Crippen LogP contribution in [0.2, 0.25) is 0 Å². The number of carbonyl (C=O) groups excluding carboxylic acids is 1. The van der Waals surface area contributed by atoms with Gasteiger partial charge in [-0.05, 0) is 49.6 Å². The summed E-state index contributed by atoms with van der Waals surface area (Å²) in [4.78, 5) is 13.9. The molecule has 1 aliphatic rings. The first kappa shape index (κ1) is 12.0. The number of hydrogen-bond acceptors (Lipinski definition) is 2. The molecule has 0 aromatic heterocycles. The Hall–Kier alpha value is -1.42. The molecule has 1 fully saturated rings. The van der Waals surface area contributed by atoms with Crippen molar-refractivity contribution in [3.63, 3.8) is 0 Å². The van der Waals surface area contributed by atoms with Gasteiger partial charge in [0, 0.05) is 18.7 Å². The lowest BCUT2D eigenvalue weighted by molar-refractivity contribution is 0.0678. The summed E-state index contributed by atoms with van der Waals surface area (Å²) >= 11 is 0. The van der Waals surface area contributed by atoms with E-state index in [1.54, 1.807) is 0 Å². The van der Waals surface area contributed by atoms with E-state index in [2.05, 4.69) is 0 Å². The number of amides is 1. The smallest absolute Gasteiger partial charge is 0.253 e. The van der Waals surface area contributed by atoms with Crippen molar-refractivity contribution >= 4 is 5.91 Å². The molecule has 1 aliphatic heterocycles. The molecule has 1 atom stereocenters. The van der Waals surface area contributed by atoms with Crippen molar-refractivity contribution < 1.29 is 9.18 Å². The number of rotatable bonds is 2. The van der Waals surface area contributed by atoms with Crippen LogP contribution < -0.4 is 5.73 Å². The third kappa shape index (κ3) is 2.82. The Labute approximate surface area is 100 Å². The molecule has 17 heavy (non-hydrogen) atoms. The summed E-state index contributed by atoms with van der Waals surface area (Å²) in [5, 5.41) is 0. The average molecular weight is 236 g/mol. The fourth-order valence-electron chi connectivity index (χ4n) is 2.22. The van der Waals surface area contributed by atoms with Crippen molar-refractivity contribution in [3.8, 4) is 0 Å². The molecule has 1 heterocycles. The number of nitrogens with two attached hydrogens (primary N) is 1. The van der Waals surface area contributed by atoms with Crippen LogP contribution in [-0.4, -0.2) is 30.4 Å². The van der Waals surface area contributed by atoms with Crippen molar-refractivity contribution in [3.05, 3.63) is 35.6 Å². The molecule has 0 saturated carbocycles. The fourth-order valence-corrected chi connectivity index (χ4v) is 2.22. The number of hydrogen-bond donors (Lipinski definition) is 1. The molecule has 1 amide bonds. The predicted octanol–water partition coefficient (Wildman–Crippen LogP) is 1.64. The van der Waals surface area contributed by atoms with Gasteiger partial charge < -0.3 is 10.6 Å². The zero-order valence-electron chi connectivity index (χ0n) is 9.73. The normalized spacial score (nSPS) is 20.4. The maximum Gasteiger partial charge on any atom is 0.253 e. The lowest BCUT2D eigenvalue weighted by Crippen LogP contribution is -2.42. The van der Waals surface area contributed by atoms with Crippen LogP contribution in [0.5, 0.6) is 0 Å². The van der Waals surface area contributed by atoms with E-state index in [4.69, 9.17) is 5.73 Å². The predicted molar refractivity (Wildman–Crippen MR) is 64.1 cm³/mol. The molecule has 1 saturated heterocycles. The van der Waals surface area contributed by atoms with E-state index in [9.17, 15) is 9.18 Å². The Morgan fingerprint density at radius 2 is 2.12 bits per heavy atom. The van der Waals surface area contributed by atoms with Crippen LogP contribution in [0.4, 0.5) is 4.39 Å². The highest BCUT2D eigenvalue weighted by molar-refractivity contribution is 5.94. The summed E-state index contributed by atoms with van der Waals surface area (Å²) in [6.45, 7) is 2.10. The van der Waals surface area contributed by atoms with Gasteiger partial charge in [0.05, 0.1) is 0 Å². The SMILES string of the molecule is NCC1CCCN(C(=O)c2ccc(F)cc2)C1. The topological polar surface area (TPSA) is 46.3 Å². The minimum absolute atomic E-state index is 0.0249. The third-order valence-corrected chi connectivity index (χ3v) is 3.23. The molecule has 0 bridgehead atoms. The second-order valence-electron chi connectivity index (χ2n) is 4.50. The van der Waals surface area contributed by atoms with E-state index in [1.165, 1.54) is 24.3 Å². The lowest BCUT2D eigenvalue weighted by atomic mass is 9.97. The van der Waals surface area contributed by atoms with Crippen LogP contribution in [-0.2, 0) is 0 Å². The van der Waals surface area contributed by atoms with E-state index in [-0.39, 0.29) is 11.7 Å². The van der Waals surface area contributed by atoms with Gasteiger partial charge in [-0.1, -0.05) is 0 Å². The number of nitrogens with zero attached hydrogens (tertiary/aromatic N) is 1. The van der Waals surface area contributed by atoms with E-state index >= 15 is 0 Å². The van der Waals surface area contributed by atoms with E-state index in [0.29, 0.717) is 24.6 Å². The van der Waals surface area contributed by atoms with Gasteiger partial charge >= 0.3 is 0 Å². The molecule has 0 aliphatic carbocycles. The highest BCUT2D eigenvalue weighted by Crippen LogP contribution is 2.17. The van der Waals surface area contributed by atoms with Gasteiger partial charge in [-0.2, -0.15) is 0 Å². The van der Waals surface area contributed by atoms with Crippen LogP contribution in [0.3, 0.4) is 0 Å². The molecule has 4 heteroatoms. The summed E-state index contributed by atoms with van der Waals surface area (Å²) in [5.74, 6) is 0.0522. The number of halogens is 1. The van der Waals surface area contributed by atoms with Crippen molar-refractivity contribution in [1.82, 2.24) is 4.90 Å². The van der Waals surface area contributed by atoms with Gasteiger partial charge in [-0.15, -0.1) is 0 Å². The summed E-state index contributed by atoms with van der Waals surface area (Å²) in [6.07, 6.45) is 2.08.